The minimum atomic E-state index is -1.07. The lowest BCUT2D eigenvalue weighted by Crippen LogP contribution is -2.42. The van der Waals surface area contributed by atoms with E-state index in [0.717, 1.165) is 0 Å². The Bertz CT molecular complexity index is 439. The van der Waals surface area contributed by atoms with E-state index in [0.29, 0.717) is 13.1 Å². The molecular formula is C11H18N4O3. The average Bonchev–Trinajstić information content (AvgIpc) is 2.77. The van der Waals surface area contributed by atoms with Crippen LogP contribution in [0.2, 0.25) is 0 Å². The predicted octanol–water partition coefficient (Wildman–Crippen LogP) is -0.318. The fourth-order valence-corrected chi connectivity index (χ4v) is 1.22. The summed E-state index contributed by atoms with van der Waals surface area (Å²) >= 11 is 0. The maximum Gasteiger partial charge on any atom is 0.356 e. The number of carboxylic acid groups (broad SMARTS) is 1. The van der Waals surface area contributed by atoms with Crippen LogP contribution in [0.3, 0.4) is 0 Å². The van der Waals surface area contributed by atoms with Gasteiger partial charge in [0.15, 0.2) is 5.69 Å². The smallest absolute Gasteiger partial charge is 0.356 e. The maximum atomic E-state index is 11.7. The fourth-order valence-electron chi connectivity index (χ4n) is 1.22. The Balaban J connectivity index is 2.42. The van der Waals surface area contributed by atoms with Crippen LogP contribution in [0.5, 0.6) is 0 Å². The van der Waals surface area contributed by atoms with Crippen LogP contribution < -0.4 is 11.1 Å². The minimum absolute atomic E-state index is 0.0105. The zero-order chi connectivity index (χ0) is 13.8. The quantitative estimate of drug-likeness (QED) is 0.644. The molecule has 7 heteroatoms. The van der Waals surface area contributed by atoms with E-state index in [-0.39, 0.29) is 18.1 Å². The molecule has 1 aromatic heterocycles. The topological polar surface area (TPSA) is 110 Å². The Morgan fingerprint density at radius 1 is 1.56 bits per heavy atom. The third-order valence-electron chi connectivity index (χ3n) is 2.63. The molecule has 0 radical (unpaired) electrons. The molecule has 100 valence electrons. The highest BCUT2D eigenvalue weighted by atomic mass is 16.4. The summed E-state index contributed by atoms with van der Waals surface area (Å²) in [5, 5.41) is 11.4. The molecule has 1 amide bonds. The molecule has 0 spiro atoms. The van der Waals surface area contributed by atoms with Gasteiger partial charge in [0.1, 0.15) is 0 Å². The van der Waals surface area contributed by atoms with Gasteiger partial charge >= 0.3 is 5.97 Å². The fraction of sp³-hybridized carbons (Fsp3) is 0.545. The number of nitrogens with two attached hydrogens (primary N) is 1. The summed E-state index contributed by atoms with van der Waals surface area (Å²) in [6, 6.07) is 0. The molecule has 7 nitrogen and oxygen atoms in total. The average molecular weight is 254 g/mol. The van der Waals surface area contributed by atoms with Crippen molar-refractivity contribution in [3.63, 3.8) is 0 Å². The molecule has 1 aromatic rings. The van der Waals surface area contributed by atoms with Crippen molar-refractivity contribution in [2.24, 2.45) is 11.1 Å². The van der Waals surface area contributed by atoms with E-state index in [1.807, 2.05) is 0 Å². The number of hydrogen-bond acceptors (Lipinski definition) is 4. The lowest BCUT2D eigenvalue weighted by atomic mass is 9.93. The Morgan fingerprint density at radius 3 is 2.72 bits per heavy atom. The lowest BCUT2D eigenvalue weighted by Gasteiger charge is -2.21. The minimum Gasteiger partial charge on any atom is -0.476 e. The third kappa shape index (κ3) is 3.56. The molecule has 0 aliphatic heterocycles. The number of carbonyl (C=O) groups is 2. The van der Waals surface area contributed by atoms with Gasteiger partial charge in [0.05, 0.1) is 11.7 Å². The Kier molecular flexibility index (Phi) is 4.43. The van der Waals surface area contributed by atoms with Gasteiger partial charge in [-0.2, -0.15) is 0 Å². The molecule has 1 rings (SSSR count). The standard InChI is InChI=1S/C11H18N4O3/c1-11(2,6-12)10(18)13-3-4-15-5-8(9(16)17)14-7-15/h5,7H,3-4,6,12H2,1-2H3,(H,13,18)(H,16,17). The second-order valence-electron chi connectivity index (χ2n) is 4.65. The third-order valence-corrected chi connectivity index (χ3v) is 2.63. The number of aromatic carboxylic acids is 1. The number of amides is 1. The Labute approximate surface area is 105 Å². The summed E-state index contributed by atoms with van der Waals surface area (Å²) in [5.74, 6) is -1.19. The van der Waals surface area contributed by atoms with Crippen LogP contribution in [0.4, 0.5) is 0 Å². The van der Waals surface area contributed by atoms with Crippen LogP contribution >= 0.6 is 0 Å². The largest absolute Gasteiger partial charge is 0.476 e. The van der Waals surface area contributed by atoms with Gasteiger partial charge in [-0.1, -0.05) is 0 Å². The second-order valence-corrected chi connectivity index (χ2v) is 4.65. The molecule has 0 saturated heterocycles. The van der Waals surface area contributed by atoms with Gasteiger partial charge in [-0.05, 0) is 13.8 Å². The highest BCUT2D eigenvalue weighted by Gasteiger charge is 2.24. The van der Waals surface area contributed by atoms with Crippen molar-refractivity contribution < 1.29 is 14.7 Å². The number of imidazole rings is 1. The molecule has 0 unspecified atom stereocenters. The predicted molar refractivity (Wildman–Crippen MR) is 65.0 cm³/mol. The molecular weight excluding hydrogens is 236 g/mol. The van der Waals surface area contributed by atoms with Crippen molar-refractivity contribution in [2.45, 2.75) is 20.4 Å². The zero-order valence-corrected chi connectivity index (χ0v) is 10.5. The number of aromatic nitrogens is 2. The SMILES string of the molecule is CC(C)(CN)C(=O)NCCn1cnc(C(=O)O)c1. The number of carboxylic acids is 1. The van der Waals surface area contributed by atoms with Crippen LogP contribution in [-0.4, -0.2) is 39.6 Å². The monoisotopic (exact) mass is 254 g/mol. The van der Waals surface area contributed by atoms with Crippen molar-refractivity contribution in [2.75, 3.05) is 13.1 Å². The molecule has 0 fully saturated rings. The lowest BCUT2D eigenvalue weighted by molar-refractivity contribution is -0.128. The molecule has 0 aromatic carbocycles. The Morgan fingerprint density at radius 2 is 2.22 bits per heavy atom. The Hall–Kier alpha value is -1.89. The van der Waals surface area contributed by atoms with E-state index in [9.17, 15) is 9.59 Å². The van der Waals surface area contributed by atoms with Gasteiger partial charge in [0.25, 0.3) is 0 Å². The summed E-state index contributed by atoms with van der Waals surface area (Å²) in [5.41, 5.74) is 4.88. The van der Waals surface area contributed by atoms with Gasteiger partial charge in [-0.15, -0.1) is 0 Å². The molecule has 1 heterocycles. The van der Waals surface area contributed by atoms with E-state index in [2.05, 4.69) is 10.3 Å². The molecule has 0 saturated carbocycles. The van der Waals surface area contributed by atoms with E-state index >= 15 is 0 Å². The van der Waals surface area contributed by atoms with E-state index < -0.39 is 11.4 Å². The van der Waals surface area contributed by atoms with Crippen LogP contribution in [0.25, 0.3) is 0 Å². The van der Waals surface area contributed by atoms with E-state index in [1.165, 1.54) is 12.5 Å². The number of nitrogens with zero attached hydrogens (tertiary/aromatic N) is 2. The first-order valence-electron chi connectivity index (χ1n) is 5.60. The van der Waals surface area contributed by atoms with Crippen molar-refractivity contribution >= 4 is 11.9 Å². The van der Waals surface area contributed by atoms with Crippen LogP contribution in [-0.2, 0) is 11.3 Å². The van der Waals surface area contributed by atoms with Gasteiger partial charge < -0.3 is 20.7 Å². The number of rotatable bonds is 6. The number of hydrogen-bond donors (Lipinski definition) is 3. The normalized spacial score (nSPS) is 11.3. The summed E-state index contributed by atoms with van der Waals surface area (Å²) in [4.78, 5) is 26.0. The van der Waals surface area contributed by atoms with Crippen molar-refractivity contribution in [3.8, 4) is 0 Å². The zero-order valence-electron chi connectivity index (χ0n) is 10.5. The van der Waals surface area contributed by atoms with E-state index in [4.69, 9.17) is 10.8 Å². The highest BCUT2D eigenvalue weighted by Crippen LogP contribution is 2.11. The maximum absolute atomic E-state index is 11.7. The number of carbonyl (C=O) groups excluding carboxylic acids is 1. The summed E-state index contributed by atoms with van der Waals surface area (Å²) in [6.07, 6.45) is 2.84. The van der Waals surface area contributed by atoms with Crippen molar-refractivity contribution in [1.29, 1.82) is 0 Å². The van der Waals surface area contributed by atoms with Crippen LogP contribution in [0, 0.1) is 5.41 Å². The summed E-state index contributed by atoms with van der Waals surface area (Å²) < 4.78 is 1.61. The highest BCUT2D eigenvalue weighted by molar-refractivity contribution is 5.84. The summed E-state index contributed by atoms with van der Waals surface area (Å²) in [6.45, 7) is 4.67. The molecule has 0 bridgehead atoms. The molecule has 0 aliphatic carbocycles. The summed E-state index contributed by atoms with van der Waals surface area (Å²) in [7, 11) is 0. The van der Waals surface area contributed by atoms with Gasteiger partial charge in [0.2, 0.25) is 5.91 Å². The molecule has 4 N–H and O–H groups in total. The molecule has 0 aliphatic rings. The van der Waals surface area contributed by atoms with E-state index in [1.54, 1.807) is 18.4 Å². The van der Waals surface area contributed by atoms with Crippen molar-refractivity contribution in [1.82, 2.24) is 14.9 Å². The van der Waals surface area contributed by atoms with Crippen LogP contribution in [0.15, 0.2) is 12.5 Å². The van der Waals surface area contributed by atoms with Crippen molar-refractivity contribution in [3.05, 3.63) is 18.2 Å². The van der Waals surface area contributed by atoms with Gasteiger partial charge in [-0.3, -0.25) is 4.79 Å². The van der Waals surface area contributed by atoms with Crippen LogP contribution in [0.1, 0.15) is 24.3 Å². The first-order valence-corrected chi connectivity index (χ1v) is 5.60. The molecule has 18 heavy (non-hydrogen) atoms. The first kappa shape index (κ1) is 14.2. The molecule has 0 atom stereocenters. The second kappa shape index (κ2) is 5.63. The van der Waals surface area contributed by atoms with Gasteiger partial charge in [-0.25, -0.2) is 9.78 Å². The number of nitrogens with one attached hydrogen (secondary N) is 1. The first-order chi connectivity index (χ1) is 8.36. The van der Waals surface area contributed by atoms with Gasteiger partial charge in [0, 0.05) is 25.8 Å².